The van der Waals surface area contributed by atoms with Crippen molar-refractivity contribution in [3.63, 3.8) is 0 Å². The number of aromatic hydroxyl groups is 1. The Morgan fingerprint density at radius 1 is 1.11 bits per heavy atom. The Hall–Kier alpha value is -4.04. The van der Waals surface area contributed by atoms with Crippen LogP contribution < -0.4 is 25.0 Å². The molecule has 3 N–H and O–H groups in total. The van der Waals surface area contributed by atoms with Gasteiger partial charge in [0.2, 0.25) is 0 Å². The van der Waals surface area contributed by atoms with Crippen LogP contribution in [-0.2, 0) is 4.79 Å². The highest BCUT2D eigenvalue weighted by Gasteiger charge is 2.35. The lowest BCUT2D eigenvalue weighted by atomic mass is 9.93. The Morgan fingerprint density at radius 2 is 1.89 bits per heavy atom. The molecule has 0 bridgehead atoms. The van der Waals surface area contributed by atoms with Gasteiger partial charge in [-0.2, -0.15) is 0 Å². The fourth-order valence-corrected chi connectivity index (χ4v) is 4.42. The van der Waals surface area contributed by atoms with Crippen molar-refractivity contribution in [3.8, 4) is 17.2 Å². The van der Waals surface area contributed by atoms with E-state index in [4.69, 9.17) is 21.7 Å². The van der Waals surface area contributed by atoms with Gasteiger partial charge in [0.25, 0.3) is 5.91 Å². The van der Waals surface area contributed by atoms with E-state index in [1.54, 1.807) is 37.4 Å². The number of allylic oxidation sites excluding steroid dienone is 1. The summed E-state index contributed by atoms with van der Waals surface area (Å²) >= 11 is 5.73. The smallest absolute Gasteiger partial charge is 0.255 e. The second kappa shape index (κ2) is 10.5. The average molecular weight is 490 g/mol. The lowest BCUT2D eigenvalue weighted by Gasteiger charge is -2.38. The van der Waals surface area contributed by atoms with Crippen LogP contribution in [0, 0.1) is 0 Å². The van der Waals surface area contributed by atoms with E-state index in [0.717, 1.165) is 11.3 Å². The molecule has 0 aliphatic carbocycles. The second-order valence-electron chi connectivity index (χ2n) is 7.90. The maximum absolute atomic E-state index is 13.7. The van der Waals surface area contributed by atoms with Gasteiger partial charge in [-0.1, -0.05) is 30.3 Å². The summed E-state index contributed by atoms with van der Waals surface area (Å²) in [6.07, 6.45) is 0. The van der Waals surface area contributed by atoms with E-state index in [1.165, 1.54) is 0 Å². The van der Waals surface area contributed by atoms with Gasteiger partial charge in [0.15, 0.2) is 16.6 Å². The predicted molar refractivity (Wildman–Crippen MR) is 141 cm³/mol. The Balaban J connectivity index is 1.80. The van der Waals surface area contributed by atoms with E-state index in [0.29, 0.717) is 40.2 Å². The molecule has 0 radical (unpaired) electrons. The van der Waals surface area contributed by atoms with Gasteiger partial charge in [-0.3, -0.25) is 9.69 Å². The number of hydrogen-bond donors (Lipinski definition) is 3. The Bertz CT molecular complexity index is 1280. The van der Waals surface area contributed by atoms with E-state index < -0.39 is 6.04 Å². The number of nitrogens with zero attached hydrogens (tertiary/aromatic N) is 1. The summed E-state index contributed by atoms with van der Waals surface area (Å²) in [6.45, 7) is 4.11. The number of phenols is 1. The summed E-state index contributed by atoms with van der Waals surface area (Å²) in [5, 5.41) is 17.0. The summed E-state index contributed by atoms with van der Waals surface area (Å²) in [5.74, 6) is 0.720. The molecule has 1 amide bonds. The summed E-state index contributed by atoms with van der Waals surface area (Å²) in [6, 6.07) is 21.3. The molecule has 1 unspecified atom stereocenters. The summed E-state index contributed by atoms with van der Waals surface area (Å²) in [5.41, 5.74) is 3.35. The number of hydrogen-bond acceptors (Lipinski definition) is 5. The van der Waals surface area contributed by atoms with Crippen LogP contribution in [0.4, 0.5) is 11.4 Å². The molecule has 35 heavy (non-hydrogen) atoms. The zero-order valence-electron chi connectivity index (χ0n) is 19.7. The Morgan fingerprint density at radius 3 is 2.60 bits per heavy atom. The maximum atomic E-state index is 13.7. The van der Waals surface area contributed by atoms with E-state index in [1.807, 2.05) is 61.2 Å². The standard InChI is InChI=1S/C27H27N3O4S/c1-4-34-23-15-18(13-14-22(23)31)25-24(26(32)28-19-9-8-12-21(16-19)33-3)17(2)30(27(35)29-25)20-10-6-5-7-11-20/h5-16,25,31H,4H2,1-3H3,(H,28,32)(H,29,35). The van der Waals surface area contributed by atoms with Gasteiger partial charge in [0, 0.05) is 23.1 Å². The van der Waals surface area contributed by atoms with Gasteiger partial charge in [0.1, 0.15) is 5.75 Å². The van der Waals surface area contributed by atoms with Crippen LogP contribution in [0.1, 0.15) is 25.5 Å². The molecular weight excluding hydrogens is 462 g/mol. The van der Waals surface area contributed by atoms with Crippen LogP contribution >= 0.6 is 12.2 Å². The van der Waals surface area contributed by atoms with Crippen molar-refractivity contribution in [1.29, 1.82) is 0 Å². The maximum Gasteiger partial charge on any atom is 0.255 e. The number of rotatable bonds is 7. The summed E-state index contributed by atoms with van der Waals surface area (Å²) in [4.78, 5) is 15.6. The first kappa shape index (κ1) is 24.1. The minimum absolute atomic E-state index is 0.0305. The number of methoxy groups -OCH3 is 1. The predicted octanol–water partition coefficient (Wildman–Crippen LogP) is 5.15. The van der Waals surface area contributed by atoms with E-state index >= 15 is 0 Å². The molecule has 0 saturated heterocycles. The molecule has 4 rings (SSSR count). The third-order valence-electron chi connectivity index (χ3n) is 5.69. The third kappa shape index (κ3) is 5.07. The van der Waals surface area contributed by atoms with Crippen LogP contribution in [0.3, 0.4) is 0 Å². The number of phenolic OH excluding ortho intramolecular Hbond substituents is 1. The number of benzene rings is 3. The number of amides is 1. The van der Waals surface area contributed by atoms with Crippen molar-refractivity contribution >= 4 is 34.6 Å². The number of carbonyl (C=O) groups excluding carboxylic acids is 1. The Labute approximate surface area is 210 Å². The average Bonchev–Trinajstić information content (AvgIpc) is 2.86. The highest BCUT2D eigenvalue weighted by molar-refractivity contribution is 7.80. The molecule has 8 heteroatoms. The normalized spacial score (nSPS) is 15.5. The molecule has 1 aliphatic heterocycles. The van der Waals surface area contributed by atoms with Crippen molar-refractivity contribution < 1.29 is 19.4 Å². The quantitative estimate of drug-likeness (QED) is 0.396. The number of carbonyl (C=O) groups is 1. The van der Waals surface area contributed by atoms with Crippen LogP contribution in [0.2, 0.25) is 0 Å². The molecule has 1 aliphatic rings. The van der Waals surface area contributed by atoms with Crippen LogP contribution in [0.15, 0.2) is 84.1 Å². The highest BCUT2D eigenvalue weighted by Crippen LogP contribution is 2.37. The monoisotopic (exact) mass is 489 g/mol. The molecular formula is C27H27N3O4S. The first-order chi connectivity index (χ1) is 16.9. The van der Waals surface area contributed by atoms with E-state index in [2.05, 4.69) is 10.6 Å². The molecule has 1 atom stereocenters. The number of thiocarbonyl (C=S) groups is 1. The van der Waals surface area contributed by atoms with Crippen LogP contribution in [0.5, 0.6) is 17.2 Å². The zero-order valence-corrected chi connectivity index (χ0v) is 20.6. The minimum atomic E-state index is -0.562. The van der Waals surface area contributed by atoms with Crippen LogP contribution in [-0.4, -0.2) is 29.8 Å². The molecule has 3 aromatic rings. The van der Waals surface area contributed by atoms with Crippen molar-refractivity contribution in [2.75, 3.05) is 23.9 Å². The SMILES string of the molecule is CCOc1cc(C2NC(=S)N(c3ccccc3)C(C)=C2C(=O)Nc2cccc(OC)c2)ccc1O. The van der Waals surface area contributed by atoms with Gasteiger partial charge in [-0.15, -0.1) is 0 Å². The zero-order chi connectivity index (χ0) is 24.9. The highest BCUT2D eigenvalue weighted by atomic mass is 32.1. The van der Waals surface area contributed by atoms with Crippen LogP contribution in [0.25, 0.3) is 0 Å². The van der Waals surface area contributed by atoms with Crippen molar-refractivity contribution in [3.05, 3.63) is 89.6 Å². The minimum Gasteiger partial charge on any atom is -0.504 e. The third-order valence-corrected chi connectivity index (χ3v) is 5.99. The van der Waals surface area contributed by atoms with Gasteiger partial charge >= 0.3 is 0 Å². The summed E-state index contributed by atoms with van der Waals surface area (Å²) in [7, 11) is 1.58. The van der Waals surface area contributed by atoms with Crippen molar-refractivity contribution in [2.45, 2.75) is 19.9 Å². The first-order valence-electron chi connectivity index (χ1n) is 11.2. The topological polar surface area (TPSA) is 83.1 Å². The van der Waals surface area contributed by atoms with E-state index in [9.17, 15) is 9.90 Å². The lowest BCUT2D eigenvalue weighted by Crippen LogP contribution is -2.48. The molecule has 7 nitrogen and oxygen atoms in total. The van der Waals surface area contributed by atoms with Crippen molar-refractivity contribution in [1.82, 2.24) is 5.32 Å². The molecule has 0 fully saturated rings. The molecule has 0 spiro atoms. The fraction of sp³-hybridized carbons (Fsp3) is 0.185. The first-order valence-corrected chi connectivity index (χ1v) is 11.6. The number of anilines is 2. The molecule has 0 saturated carbocycles. The molecule has 1 heterocycles. The molecule has 180 valence electrons. The van der Waals surface area contributed by atoms with E-state index in [-0.39, 0.29) is 11.7 Å². The number of para-hydroxylation sites is 1. The molecule has 3 aromatic carbocycles. The van der Waals surface area contributed by atoms with Gasteiger partial charge in [-0.25, -0.2) is 0 Å². The van der Waals surface area contributed by atoms with Gasteiger partial charge in [0.05, 0.1) is 25.3 Å². The summed E-state index contributed by atoms with van der Waals surface area (Å²) < 4.78 is 10.9. The van der Waals surface area contributed by atoms with Crippen molar-refractivity contribution in [2.24, 2.45) is 0 Å². The van der Waals surface area contributed by atoms with Gasteiger partial charge in [-0.05, 0) is 68.0 Å². The second-order valence-corrected chi connectivity index (χ2v) is 8.29. The van der Waals surface area contributed by atoms with Gasteiger partial charge < -0.3 is 25.2 Å². The Kier molecular flexibility index (Phi) is 7.22. The lowest BCUT2D eigenvalue weighted by molar-refractivity contribution is -0.113. The fourth-order valence-electron chi connectivity index (χ4n) is 4.06. The largest absolute Gasteiger partial charge is 0.504 e. The number of ether oxygens (including phenoxy) is 2. The molecule has 0 aromatic heterocycles. The number of nitrogens with one attached hydrogen (secondary N) is 2.